The van der Waals surface area contributed by atoms with E-state index in [0.29, 0.717) is 0 Å². The van der Waals surface area contributed by atoms with E-state index in [9.17, 15) is 19.1 Å². The Kier molecular flexibility index (Phi) is 6.32. The first-order valence-corrected chi connectivity index (χ1v) is 7.31. The molecule has 122 valence electrons. The number of carbonyl (C=O) groups excluding carboxylic acids is 2. The summed E-state index contributed by atoms with van der Waals surface area (Å²) < 4.78 is 12.9. The van der Waals surface area contributed by atoms with Crippen molar-refractivity contribution < 1.29 is 19.1 Å². The molecule has 3 N–H and O–H groups in total. The van der Waals surface area contributed by atoms with Gasteiger partial charge < -0.3 is 15.7 Å². The molecule has 1 aromatic carbocycles. The second kappa shape index (κ2) is 7.56. The number of halogens is 2. The minimum Gasteiger partial charge on any atom is -0.388 e. The Morgan fingerprint density at radius 1 is 1.41 bits per heavy atom. The topological polar surface area (TPSA) is 78.4 Å². The second-order valence-electron chi connectivity index (χ2n) is 5.43. The van der Waals surface area contributed by atoms with Gasteiger partial charge in [0.05, 0.1) is 16.3 Å². The van der Waals surface area contributed by atoms with Crippen LogP contribution in [0.5, 0.6) is 0 Å². The number of carbonyl (C=O) groups is 2. The maximum absolute atomic E-state index is 12.9. The van der Waals surface area contributed by atoms with E-state index < -0.39 is 23.2 Å². The highest BCUT2D eigenvalue weighted by Gasteiger charge is 2.28. The molecule has 1 rings (SSSR count). The highest BCUT2D eigenvalue weighted by atomic mass is 35.5. The summed E-state index contributed by atoms with van der Waals surface area (Å²) in [5.74, 6) is -2.42. The Morgan fingerprint density at radius 3 is 2.59 bits per heavy atom. The molecular formula is C15H20ClFN2O3. The van der Waals surface area contributed by atoms with Crippen LogP contribution in [0.15, 0.2) is 18.2 Å². The average Bonchev–Trinajstić information content (AvgIpc) is 2.46. The van der Waals surface area contributed by atoms with Crippen molar-refractivity contribution in [2.45, 2.75) is 32.8 Å². The van der Waals surface area contributed by atoms with E-state index in [0.717, 1.165) is 18.6 Å². The minimum atomic E-state index is -1.11. The molecule has 0 heterocycles. The lowest BCUT2D eigenvalue weighted by molar-refractivity contribution is -0.137. The van der Waals surface area contributed by atoms with Crippen LogP contribution in [-0.4, -0.2) is 29.1 Å². The molecule has 0 aliphatic heterocycles. The van der Waals surface area contributed by atoms with E-state index >= 15 is 0 Å². The van der Waals surface area contributed by atoms with Gasteiger partial charge in [0.25, 0.3) is 0 Å². The van der Waals surface area contributed by atoms with Crippen LogP contribution >= 0.6 is 11.6 Å². The summed E-state index contributed by atoms with van der Waals surface area (Å²) in [7, 11) is 0. The van der Waals surface area contributed by atoms with Gasteiger partial charge in [-0.15, -0.1) is 0 Å². The van der Waals surface area contributed by atoms with Crippen LogP contribution in [0.1, 0.15) is 27.2 Å². The van der Waals surface area contributed by atoms with Crippen molar-refractivity contribution in [3.05, 3.63) is 29.0 Å². The first-order chi connectivity index (χ1) is 10.2. The molecule has 0 aliphatic carbocycles. The van der Waals surface area contributed by atoms with Gasteiger partial charge in [0.15, 0.2) is 0 Å². The number of aliphatic hydroxyl groups is 1. The summed E-state index contributed by atoms with van der Waals surface area (Å²) in [4.78, 5) is 23.5. The van der Waals surface area contributed by atoms with E-state index in [1.165, 1.54) is 6.07 Å². The van der Waals surface area contributed by atoms with Gasteiger partial charge in [0.2, 0.25) is 0 Å². The van der Waals surface area contributed by atoms with Gasteiger partial charge in [0.1, 0.15) is 5.82 Å². The molecule has 0 bridgehead atoms. The standard InChI is InChI=1S/C15H20ClFN2O3/c1-4-9(2)15(3,22)8-18-13(20)14(21)19-12-6-5-10(17)7-11(12)16/h5-7,9,22H,4,8H2,1-3H3,(H,18,20)(H,19,21)/t9-,15-/m1/s1. The van der Waals surface area contributed by atoms with E-state index in [-0.39, 0.29) is 23.2 Å². The first kappa shape index (κ1) is 18.4. The zero-order valence-electron chi connectivity index (χ0n) is 12.7. The number of nitrogens with one attached hydrogen (secondary N) is 2. The van der Waals surface area contributed by atoms with Gasteiger partial charge >= 0.3 is 11.8 Å². The van der Waals surface area contributed by atoms with Gasteiger partial charge in [-0.05, 0) is 31.0 Å². The summed E-state index contributed by atoms with van der Waals surface area (Å²) in [6.07, 6.45) is 0.736. The Balaban J connectivity index is 2.61. The lowest BCUT2D eigenvalue weighted by Crippen LogP contribution is -2.47. The van der Waals surface area contributed by atoms with Crippen LogP contribution < -0.4 is 10.6 Å². The largest absolute Gasteiger partial charge is 0.388 e. The third-order valence-corrected chi connectivity index (χ3v) is 3.98. The third-order valence-electron chi connectivity index (χ3n) is 3.67. The summed E-state index contributed by atoms with van der Waals surface area (Å²) in [6, 6.07) is 3.41. The highest BCUT2D eigenvalue weighted by molar-refractivity contribution is 6.41. The molecule has 0 spiro atoms. The molecule has 2 amide bonds. The monoisotopic (exact) mass is 330 g/mol. The predicted octanol–water partition coefficient (Wildman–Crippen LogP) is 2.33. The quantitative estimate of drug-likeness (QED) is 0.725. The number of benzene rings is 1. The second-order valence-corrected chi connectivity index (χ2v) is 5.83. The average molecular weight is 331 g/mol. The van der Waals surface area contributed by atoms with Gasteiger partial charge in [-0.3, -0.25) is 9.59 Å². The lowest BCUT2D eigenvalue weighted by Gasteiger charge is -2.29. The molecule has 0 aromatic heterocycles. The fourth-order valence-corrected chi connectivity index (χ4v) is 1.94. The molecule has 0 fully saturated rings. The van der Waals surface area contributed by atoms with Gasteiger partial charge in [0, 0.05) is 6.54 Å². The Bertz CT molecular complexity index is 564. The molecule has 2 atom stereocenters. The van der Waals surface area contributed by atoms with E-state index in [1.807, 2.05) is 13.8 Å². The van der Waals surface area contributed by atoms with Crippen LogP contribution in [0.3, 0.4) is 0 Å². The Hall–Kier alpha value is -1.66. The summed E-state index contributed by atoms with van der Waals surface area (Å²) in [5.41, 5.74) is -0.977. The van der Waals surface area contributed by atoms with Crippen LogP contribution in [0, 0.1) is 11.7 Å². The molecule has 7 heteroatoms. The number of amides is 2. The van der Waals surface area contributed by atoms with Gasteiger partial charge in [-0.1, -0.05) is 31.9 Å². The SMILES string of the molecule is CC[C@@H](C)[C@](C)(O)CNC(=O)C(=O)Nc1ccc(F)cc1Cl. The van der Waals surface area contributed by atoms with Crippen LogP contribution in [-0.2, 0) is 9.59 Å². The highest BCUT2D eigenvalue weighted by Crippen LogP contribution is 2.22. The van der Waals surface area contributed by atoms with Crippen LogP contribution in [0.4, 0.5) is 10.1 Å². The molecule has 5 nitrogen and oxygen atoms in total. The molecule has 22 heavy (non-hydrogen) atoms. The smallest absolute Gasteiger partial charge is 0.313 e. The maximum Gasteiger partial charge on any atom is 0.313 e. The predicted molar refractivity (Wildman–Crippen MR) is 83.1 cm³/mol. The molecule has 0 saturated heterocycles. The summed E-state index contributed by atoms with van der Waals surface area (Å²) in [5, 5.41) is 14.8. The molecule has 1 aromatic rings. The molecule has 0 saturated carbocycles. The molecule has 0 unspecified atom stereocenters. The minimum absolute atomic E-state index is 0.00671. The molecule has 0 aliphatic rings. The van der Waals surface area contributed by atoms with E-state index in [2.05, 4.69) is 10.6 Å². The normalized spacial score (nSPS) is 14.8. The molecular weight excluding hydrogens is 311 g/mol. The fraction of sp³-hybridized carbons (Fsp3) is 0.467. The maximum atomic E-state index is 12.9. The number of anilines is 1. The number of hydrogen-bond donors (Lipinski definition) is 3. The summed E-state index contributed by atoms with van der Waals surface area (Å²) in [6.45, 7) is 5.32. The fourth-order valence-electron chi connectivity index (χ4n) is 1.72. The van der Waals surface area contributed by atoms with Crippen molar-refractivity contribution in [2.24, 2.45) is 5.92 Å². The van der Waals surface area contributed by atoms with E-state index in [4.69, 9.17) is 11.6 Å². The zero-order valence-corrected chi connectivity index (χ0v) is 13.5. The third kappa shape index (κ3) is 4.96. The zero-order chi connectivity index (χ0) is 16.9. The van der Waals surface area contributed by atoms with Crippen molar-refractivity contribution in [3.8, 4) is 0 Å². The Morgan fingerprint density at radius 2 is 2.05 bits per heavy atom. The van der Waals surface area contributed by atoms with Gasteiger partial charge in [-0.25, -0.2) is 4.39 Å². The van der Waals surface area contributed by atoms with Crippen LogP contribution in [0.25, 0.3) is 0 Å². The first-order valence-electron chi connectivity index (χ1n) is 6.94. The summed E-state index contributed by atoms with van der Waals surface area (Å²) >= 11 is 5.76. The number of hydrogen-bond acceptors (Lipinski definition) is 3. The van der Waals surface area contributed by atoms with Crippen molar-refractivity contribution >= 4 is 29.1 Å². The van der Waals surface area contributed by atoms with Crippen molar-refractivity contribution in [3.63, 3.8) is 0 Å². The Labute approximate surface area is 133 Å². The van der Waals surface area contributed by atoms with Crippen molar-refractivity contribution in [1.82, 2.24) is 5.32 Å². The van der Waals surface area contributed by atoms with Gasteiger partial charge in [-0.2, -0.15) is 0 Å². The lowest BCUT2D eigenvalue weighted by atomic mass is 9.89. The van der Waals surface area contributed by atoms with Crippen molar-refractivity contribution in [1.29, 1.82) is 0 Å². The number of rotatable bonds is 5. The van der Waals surface area contributed by atoms with Crippen LogP contribution in [0.2, 0.25) is 5.02 Å². The molecule has 0 radical (unpaired) electrons. The van der Waals surface area contributed by atoms with Crippen molar-refractivity contribution in [2.75, 3.05) is 11.9 Å². The van der Waals surface area contributed by atoms with E-state index in [1.54, 1.807) is 6.92 Å².